The maximum absolute atomic E-state index is 12.9. The van der Waals surface area contributed by atoms with Crippen molar-refractivity contribution in [3.8, 4) is 5.88 Å². The molecular weight excluding hydrogens is 500 g/mol. The molecule has 4 aliphatic rings. The van der Waals surface area contributed by atoms with Crippen LogP contribution < -0.4 is 9.64 Å². The molecule has 0 aromatic carbocycles. The van der Waals surface area contributed by atoms with E-state index in [9.17, 15) is 18.0 Å². The molecule has 1 aromatic rings. The Hall–Kier alpha value is -2.51. The summed E-state index contributed by atoms with van der Waals surface area (Å²) in [6, 6.07) is 0. The number of sulfonamides is 1. The van der Waals surface area contributed by atoms with E-state index in [1.165, 1.54) is 21.6 Å². The Kier molecular flexibility index (Phi) is 7.29. The minimum atomic E-state index is -3.51. The van der Waals surface area contributed by atoms with E-state index in [0.29, 0.717) is 50.3 Å². The fourth-order valence-electron chi connectivity index (χ4n) is 5.02. The second-order valence-electron chi connectivity index (χ2n) is 10.9. The van der Waals surface area contributed by atoms with Gasteiger partial charge < -0.3 is 19.3 Å². The number of hydrogen-bond donors (Lipinski definition) is 0. The Labute approximate surface area is 217 Å². The second kappa shape index (κ2) is 10.3. The summed E-state index contributed by atoms with van der Waals surface area (Å²) in [6.07, 6.45) is 6.88. The van der Waals surface area contributed by atoms with Gasteiger partial charge in [0.2, 0.25) is 21.8 Å². The third kappa shape index (κ3) is 5.99. The smallest absolute Gasteiger partial charge is 0.410 e. The number of aromatic nitrogens is 2. The third-order valence-corrected chi connectivity index (χ3v) is 10.1. The quantitative estimate of drug-likeness (QED) is 0.500. The molecular formula is C24H36N6O6S. The fourth-order valence-corrected chi connectivity index (χ4v) is 6.92. The molecule has 2 amide bonds. The summed E-state index contributed by atoms with van der Waals surface area (Å²) in [5.74, 6) is 0.737. The molecule has 1 aliphatic carbocycles. The van der Waals surface area contributed by atoms with Gasteiger partial charge in [0.25, 0.3) is 0 Å². The first-order valence-electron chi connectivity index (χ1n) is 13.0. The van der Waals surface area contributed by atoms with E-state index < -0.39 is 15.3 Å². The summed E-state index contributed by atoms with van der Waals surface area (Å²) in [4.78, 5) is 38.9. The summed E-state index contributed by atoms with van der Waals surface area (Å²) in [7, 11) is -1.61. The van der Waals surface area contributed by atoms with Crippen LogP contribution in [0.5, 0.6) is 5.88 Å². The van der Waals surface area contributed by atoms with E-state index in [1.807, 2.05) is 18.9 Å². The van der Waals surface area contributed by atoms with Crippen molar-refractivity contribution in [3.05, 3.63) is 12.4 Å². The van der Waals surface area contributed by atoms with E-state index in [4.69, 9.17) is 9.47 Å². The number of carbonyl (C=O) groups excluding carboxylic acids is 2. The van der Waals surface area contributed by atoms with Crippen LogP contribution in [0.15, 0.2) is 12.4 Å². The minimum absolute atomic E-state index is 0.187. The van der Waals surface area contributed by atoms with Crippen molar-refractivity contribution in [1.82, 2.24) is 24.1 Å². The predicted octanol–water partition coefficient (Wildman–Crippen LogP) is 0.939. The van der Waals surface area contributed by atoms with Crippen molar-refractivity contribution in [2.45, 2.75) is 49.9 Å². The number of ether oxygens (including phenoxy) is 2. The van der Waals surface area contributed by atoms with Gasteiger partial charge in [-0.2, -0.15) is 4.31 Å². The third-order valence-electron chi connectivity index (χ3n) is 7.83. The van der Waals surface area contributed by atoms with Crippen LogP contribution >= 0.6 is 0 Å². The average molecular weight is 537 g/mol. The highest BCUT2D eigenvalue weighted by atomic mass is 32.2. The number of piperidine rings is 1. The fraction of sp³-hybridized carbons (Fsp3) is 0.750. The zero-order valence-corrected chi connectivity index (χ0v) is 22.4. The molecule has 0 spiro atoms. The van der Waals surface area contributed by atoms with Crippen molar-refractivity contribution < 1.29 is 27.5 Å². The van der Waals surface area contributed by atoms with Gasteiger partial charge in [-0.25, -0.2) is 23.2 Å². The Balaban J connectivity index is 1.07. The first-order valence-corrected chi connectivity index (χ1v) is 14.5. The lowest BCUT2D eigenvalue weighted by atomic mass is 9.98. The van der Waals surface area contributed by atoms with E-state index in [-0.39, 0.29) is 37.2 Å². The molecule has 5 rings (SSSR count). The summed E-state index contributed by atoms with van der Waals surface area (Å²) in [6.45, 7) is 5.26. The highest BCUT2D eigenvalue weighted by Crippen LogP contribution is 2.39. The SMILES string of the molecule is CN1CCC(S(=O)(=O)N2CCN(c3cnc(OCC4CCN(C(=O)OC5(C)CC5)CC4)cn3)C(=O)C2)C1. The van der Waals surface area contributed by atoms with Crippen LogP contribution in [0.4, 0.5) is 10.6 Å². The molecule has 12 nitrogen and oxygen atoms in total. The molecule has 13 heteroatoms. The Bertz CT molecular complexity index is 1100. The summed E-state index contributed by atoms with van der Waals surface area (Å²) < 4.78 is 38.5. The zero-order chi connectivity index (χ0) is 26.2. The van der Waals surface area contributed by atoms with Crippen LogP contribution in [0.1, 0.15) is 39.0 Å². The highest BCUT2D eigenvalue weighted by molar-refractivity contribution is 7.89. The molecule has 0 radical (unpaired) electrons. The van der Waals surface area contributed by atoms with Gasteiger partial charge in [0.15, 0.2) is 5.82 Å². The minimum Gasteiger partial charge on any atom is -0.476 e. The van der Waals surface area contributed by atoms with E-state index in [2.05, 4.69) is 9.97 Å². The van der Waals surface area contributed by atoms with Crippen molar-refractivity contribution in [2.24, 2.45) is 5.92 Å². The van der Waals surface area contributed by atoms with E-state index in [0.717, 1.165) is 32.2 Å². The van der Waals surface area contributed by atoms with E-state index in [1.54, 1.807) is 4.90 Å². The molecule has 204 valence electrons. The Morgan fingerprint density at radius 1 is 1.08 bits per heavy atom. The molecule has 37 heavy (non-hydrogen) atoms. The monoisotopic (exact) mass is 536 g/mol. The van der Waals surface area contributed by atoms with Crippen LogP contribution in [-0.4, -0.2) is 115 Å². The van der Waals surface area contributed by atoms with Crippen LogP contribution in [0.25, 0.3) is 0 Å². The lowest BCUT2D eigenvalue weighted by molar-refractivity contribution is -0.120. The molecule has 4 heterocycles. The maximum Gasteiger partial charge on any atom is 0.410 e. The predicted molar refractivity (Wildman–Crippen MR) is 135 cm³/mol. The average Bonchev–Trinajstić information content (AvgIpc) is 3.43. The largest absolute Gasteiger partial charge is 0.476 e. The van der Waals surface area contributed by atoms with Crippen LogP contribution in [0.3, 0.4) is 0 Å². The van der Waals surface area contributed by atoms with Gasteiger partial charge in [-0.05, 0) is 58.5 Å². The number of carbonyl (C=O) groups is 2. The number of likely N-dealkylation sites (tertiary alicyclic amines) is 2. The van der Waals surface area contributed by atoms with Gasteiger partial charge in [-0.3, -0.25) is 9.69 Å². The zero-order valence-electron chi connectivity index (χ0n) is 21.5. The van der Waals surface area contributed by atoms with Crippen LogP contribution in [0.2, 0.25) is 0 Å². The first kappa shape index (κ1) is 26.1. The molecule has 0 bridgehead atoms. The molecule has 1 unspecified atom stereocenters. The number of piperazine rings is 1. The molecule has 4 fully saturated rings. The van der Waals surface area contributed by atoms with E-state index >= 15 is 0 Å². The van der Waals surface area contributed by atoms with Gasteiger partial charge in [0.1, 0.15) is 5.60 Å². The second-order valence-corrected chi connectivity index (χ2v) is 13.1. The number of hydrogen-bond acceptors (Lipinski definition) is 9. The standard InChI is InChI=1S/C24H36N6O6S/c1-24(6-7-24)36-23(32)28-9-3-18(4-10-28)17-35-21-14-25-20(13-26-21)30-12-11-29(16-22(30)31)37(33,34)19-5-8-27(2)15-19/h13-14,18-19H,3-12,15-17H2,1-2H3. The number of anilines is 1. The molecule has 3 aliphatic heterocycles. The van der Waals surface area contributed by atoms with Gasteiger partial charge in [-0.15, -0.1) is 0 Å². The molecule has 1 aromatic heterocycles. The van der Waals surface area contributed by atoms with Gasteiger partial charge in [0, 0.05) is 32.7 Å². The lowest BCUT2D eigenvalue weighted by Gasteiger charge is -2.34. The normalized spacial score (nSPS) is 25.4. The summed E-state index contributed by atoms with van der Waals surface area (Å²) in [5, 5.41) is -0.458. The Morgan fingerprint density at radius 3 is 2.43 bits per heavy atom. The number of amides is 2. The molecule has 0 N–H and O–H groups in total. The summed E-state index contributed by atoms with van der Waals surface area (Å²) >= 11 is 0. The van der Waals surface area contributed by atoms with Gasteiger partial charge in [-0.1, -0.05) is 0 Å². The van der Waals surface area contributed by atoms with Crippen LogP contribution in [0, 0.1) is 5.92 Å². The number of nitrogens with zero attached hydrogens (tertiary/aromatic N) is 6. The first-order chi connectivity index (χ1) is 17.6. The van der Waals surface area contributed by atoms with Crippen molar-refractivity contribution in [3.63, 3.8) is 0 Å². The molecule has 1 atom stereocenters. The van der Waals surface area contributed by atoms with Crippen molar-refractivity contribution in [1.29, 1.82) is 0 Å². The maximum atomic E-state index is 12.9. The van der Waals surface area contributed by atoms with Crippen LogP contribution in [-0.2, 0) is 19.6 Å². The topological polar surface area (TPSA) is 125 Å². The lowest BCUT2D eigenvalue weighted by Crippen LogP contribution is -2.54. The Morgan fingerprint density at radius 2 is 1.84 bits per heavy atom. The summed E-state index contributed by atoms with van der Waals surface area (Å²) in [5.41, 5.74) is -0.259. The number of rotatable bonds is 7. The molecule has 3 saturated heterocycles. The van der Waals surface area contributed by atoms with Gasteiger partial charge in [0.05, 0.1) is 30.8 Å². The van der Waals surface area contributed by atoms with Gasteiger partial charge >= 0.3 is 6.09 Å². The highest BCUT2D eigenvalue weighted by Gasteiger charge is 2.43. The van der Waals surface area contributed by atoms with Crippen molar-refractivity contribution in [2.75, 3.05) is 64.4 Å². The molecule has 1 saturated carbocycles. The van der Waals surface area contributed by atoms with Crippen molar-refractivity contribution >= 4 is 27.8 Å².